The predicted octanol–water partition coefficient (Wildman–Crippen LogP) is 5.65. The zero-order valence-corrected chi connectivity index (χ0v) is 16.3. The number of Topliss-reactive ketones (excluding diaryl/α,β-unsaturated/α-hetero) is 2. The summed E-state index contributed by atoms with van der Waals surface area (Å²) in [6.07, 6.45) is 0. The molecule has 0 bridgehead atoms. The first kappa shape index (κ1) is 16.1. The summed E-state index contributed by atoms with van der Waals surface area (Å²) >= 11 is 19.0. The number of allylic oxidation sites excluding steroid dienone is 2. The van der Waals surface area contributed by atoms with Crippen molar-refractivity contribution in [3.8, 4) is 0 Å². The molecule has 2 aliphatic rings. The smallest absolute Gasteiger partial charge is 0.215 e. The van der Waals surface area contributed by atoms with Crippen LogP contribution in [0.4, 0.5) is 11.4 Å². The molecule has 4 nitrogen and oxygen atoms in total. The summed E-state index contributed by atoms with van der Waals surface area (Å²) in [5.41, 5.74) is 2.14. The van der Waals surface area contributed by atoms with Gasteiger partial charge in [-0.25, -0.2) is 0 Å². The van der Waals surface area contributed by atoms with Gasteiger partial charge in [-0.1, -0.05) is 23.2 Å². The van der Waals surface area contributed by atoms with Gasteiger partial charge < -0.3 is 10.6 Å². The first-order valence-electron chi connectivity index (χ1n) is 6.74. The fourth-order valence-corrected chi connectivity index (χ4v) is 3.90. The highest BCUT2D eigenvalue weighted by Crippen LogP contribution is 2.42. The lowest BCUT2D eigenvalue weighted by molar-refractivity contribution is 0.101. The summed E-state index contributed by atoms with van der Waals surface area (Å²) in [4.78, 5) is 25.5. The van der Waals surface area contributed by atoms with E-state index in [0.717, 1.165) is 0 Å². The van der Waals surface area contributed by atoms with Gasteiger partial charge >= 0.3 is 0 Å². The zero-order valence-electron chi connectivity index (χ0n) is 11.6. The van der Waals surface area contributed by atoms with Gasteiger partial charge in [-0.3, -0.25) is 9.59 Å². The summed E-state index contributed by atoms with van der Waals surface area (Å²) < 4.78 is 1.23. The molecule has 0 saturated heterocycles. The first-order chi connectivity index (χ1) is 11.4. The Morgan fingerprint density at radius 2 is 1.08 bits per heavy atom. The van der Waals surface area contributed by atoms with Crippen LogP contribution in [0.3, 0.4) is 0 Å². The Labute approximate surface area is 163 Å². The summed E-state index contributed by atoms with van der Waals surface area (Å²) in [6.45, 7) is 0. The van der Waals surface area contributed by atoms with Crippen molar-refractivity contribution in [1.82, 2.24) is 0 Å². The van der Waals surface area contributed by atoms with E-state index < -0.39 is 0 Å². The summed E-state index contributed by atoms with van der Waals surface area (Å²) in [7, 11) is 0. The van der Waals surface area contributed by atoms with Gasteiger partial charge in [-0.15, -0.1) is 0 Å². The van der Waals surface area contributed by atoms with Crippen molar-refractivity contribution in [2.75, 3.05) is 10.6 Å². The van der Waals surface area contributed by atoms with E-state index in [4.69, 9.17) is 23.2 Å². The maximum Gasteiger partial charge on any atom is 0.215 e. The van der Waals surface area contributed by atoms with E-state index in [9.17, 15) is 9.59 Å². The Morgan fingerprint density at radius 3 is 1.46 bits per heavy atom. The number of nitrogens with one attached hydrogen (secondary N) is 2. The van der Waals surface area contributed by atoms with Gasteiger partial charge in [0.1, 0.15) is 11.4 Å². The lowest BCUT2D eigenvalue weighted by Crippen LogP contribution is -2.13. The second-order valence-corrected chi connectivity index (χ2v) is 7.69. The Morgan fingerprint density at radius 1 is 0.708 bits per heavy atom. The molecule has 2 heterocycles. The highest BCUT2D eigenvalue weighted by atomic mass is 79.9. The highest BCUT2D eigenvalue weighted by Gasteiger charge is 2.37. The molecule has 120 valence electrons. The molecule has 0 aliphatic carbocycles. The van der Waals surface area contributed by atoms with Crippen molar-refractivity contribution in [2.24, 2.45) is 0 Å². The molecule has 2 N–H and O–H groups in total. The topological polar surface area (TPSA) is 58.2 Å². The maximum absolute atomic E-state index is 12.7. The largest absolute Gasteiger partial charge is 0.350 e. The first-order valence-corrected chi connectivity index (χ1v) is 9.08. The molecule has 2 aliphatic heterocycles. The van der Waals surface area contributed by atoms with Crippen molar-refractivity contribution >= 4 is 78.0 Å². The second kappa shape index (κ2) is 5.59. The Bertz CT molecular complexity index is 923. The standard InChI is InChI=1S/C16H6Br2Cl2N2O2/c17-5-1-3-7-9(11(5)19)15(23)13(21-7)14-16(24)10-8(22-14)4-2-6(18)12(10)20/h1-4,21-22H/b14-13-. The van der Waals surface area contributed by atoms with Crippen molar-refractivity contribution in [3.63, 3.8) is 0 Å². The molecule has 0 spiro atoms. The fourth-order valence-electron chi connectivity index (χ4n) is 2.74. The summed E-state index contributed by atoms with van der Waals surface area (Å²) in [5.74, 6) is -0.676. The van der Waals surface area contributed by atoms with E-state index in [1.165, 1.54) is 0 Å². The Balaban J connectivity index is 1.86. The SMILES string of the molecule is O=C1/C(=C2/Nc3ccc(Br)c(Cl)c3C2=O)Nc2ccc(Br)c(Cl)c21. The Kier molecular flexibility index (Phi) is 3.76. The number of hydrogen-bond donors (Lipinski definition) is 2. The number of hydrogen-bond acceptors (Lipinski definition) is 4. The predicted molar refractivity (Wildman–Crippen MR) is 101 cm³/mol. The van der Waals surface area contributed by atoms with E-state index in [0.29, 0.717) is 41.5 Å². The molecule has 0 aromatic heterocycles. The van der Waals surface area contributed by atoms with Gasteiger partial charge in [0.05, 0.1) is 32.5 Å². The van der Waals surface area contributed by atoms with Crippen LogP contribution < -0.4 is 10.6 Å². The zero-order chi connectivity index (χ0) is 17.2. The number of ketones is 2. The second-order valence-electron chi connectivity index (χ2n) is 5.23. The molecule has 0 fully saturated rings. The van der Waals surface area contributed by atoms with E-state index in [1.54, 1.807) is 24.3 Å². The van der Waals surface area contributed by atoms with Crippen LogP contribution in [0.1, 0.15) is 20.7 Å². The molecule has 0 atom stereocenters. The molecule has 0 saturated carbocycles. The van der Waals surface area contributed by atoms with E-state index in [2.05, 4.69) is 42.5 Å². The van der Waals surface area contributed by atoms with Gasteiger partial charge in [0.2, 0.25) is 11.6 Å². The number of benzene rings is 2. The number of anilines is 2. The lowest BCUT2D eigenvalue weighted by atomic mass is 10.1. The molecule has 0 amide bonds. The third-order valence-electron chi connectivity index (χ3n) is 3.87. The normalized spacial score (nSPS) is 18.3. The monoisotopic (exact) mass is 486 g/mol. The number of carbonyl (C=O) groups excluding carboxylic acids is 2. The van der Waals surface area contributed by atoms with Crippen LogP contribution in [0.2, 0.25) is 10.0 Å². The molecule has 8 heteroatoms. The quantitative estimate of drug-likeness (QED) is 0.471. The molecule has 2 aromatic carbocycles. The van der Waals surface area contributed by atoms with Gasteiger partial charge in [-0.2, -0.15) is 0 Å². The minimum atomic E-state index is -0.338. The third-order valence-corrected chi connectivity index (χ3v) is 6.43. The Hall–Kier alpha value is -1.34. The summed E-state index contributed by atoms with van der Waals surface area (Å²) in [6, 6.07) is 6.93. The van der Waals surface area contributed by atoms with Gasteiger partial charge in [0.15, 0.2) is 0 Å². The average Bonchev–Trinajstić information content (AvgIpc) is 3.05. The van der Waals surface area contributed by atoms with Gasteiger partial charge in [0.25, 0.3) is 0 Å². The molecular formula is C16H6Br2Cl2N2O2. The third kappa shape index (κ3) is 2.17. The van der Waals surface area contributed by atoms with E-state index >= 15 is 0 Å². The van der Waals surface area contributed by atoms with Crippen molar-refractivity contribution in [3.05, 3.63) is 65.8 Å². The highest BCUT2D eigenvalue weighted by molar-refractivity contribution is 9.10. The van der Waals surface area contributed by atoms with Crippen LogP contribution in [0.5, 0.6) is 0 Å². The number of fused-ring (bicyclic) bond motifs is 2. The van der Waals surface area contributed by atoms with E-state index in [1.807, 2.05) is 0 Å². The maximum atomic E-state index is 12.7. The molecule has 2 aromatic rings. The molecule has 4 rings (SSSR count). The van der Waals surface area contributed by atoms with Crippen molar-refractivity contribution in [1.29, 1.82) is 0 Å². The number of carbonyl (C=O) groups is 2. The van der Waals surface area contributed by atoms with Crippen LogP contribution in [0.25, 0.3) is 0 Å². The van der Waals surface area contributed by atoms with Crippen molar-refractivity contribution < 1.29 is 9.59 Å². The van der Waals surface area contributed by atoms with Crippen LogP contribution in [-0.2, 0) is 0 Å². The number of halogens is 4. The molecule has 0 unspecified atom stereocenters. The molecule has 0 radical (unpaired) electrons. The van der Waals surface area contributed by atoms with Crippen LogP contribution in [0.15, 0.2) is 44.6 Å². The molecule has 24 heavy (non-hydrogen) atoms. The summed E-state index contributed by atoms with van der Waals surface area (Å²) in [5, 5.41) is 6.58. The van der Waals surface area contributed by atoms with Crippen LogP contribution in [-0.4, -0.2) is 11.6 Å². The van der Waals surface area contributed by atoms with Gasteiger partial charge in [-0.05, 0) is 56.1 Å². The van der Waals surface area contributed by atoms with Crippen LogP contribution in [0, 0.1) is 0 Å². The lowest BCUT2D eigenvalue weighted by Gasteiger charge is -2.03. The minimum Gasteiger partial charge on any atom is -0.350 e. The van der Waals surface area contributed by atoms with Crippen LogP contribution >= 0.6 is 55.1 Å². The average molecular weight is 489 g/mol. The molecular weight excluding hydrogens is 483 g/mol. The van der Waals surface area contributed by atoms with Crippen molar-refractivity contribution in [2.45, 2.75) is 0 Å². The van der Waals surface area contributed by atoms with Gasteiger partial charge in [0, 0.05) is 8.95 Å². The number of rotatable bonds is 0. The minimum absolute atomic E-state index is 0.165. The fraction of sp³-hybridized carbons (Fsp3) is 0. The van der Waals surface area contributed by atoms with E-state index in [-0.39, 0.29) is 23.0 Å².